The Bertz CT molecular complexity index is 372. The molecule has 0 aromatic heterocycles. The Balaban J connectivity index is 2.47. The Kier molecular flexibility index (Phi) is 2.45. The molecule has 0 spiro atoms. The molecule has 0 nitrogen and oxygen atoms in total. The van der Waals surface area contributed by atoms with Crippen molar-refractivity contribution in [2.45, 2.75) is 39.5 Å². The fourth-order valence-electron chi connectivity index (χ4n) is 2.43. The highest BCUT2D eigenvalue weighted by atomic mass is 14.2. The lowest BCUT2D eigenvalue weighted by Crippen LogP contribution is -1.97. The van der Waals surface area contributed by atoms with Crippen LogP contribution in [0, 0.1) is 13.8 Å². The molecule has 0 radical (unpaired) electrons. The second kappa shape index (κ2) is 3.61. The molecule has 0 bridgehead atoms. The highest BCUT2D eigenvalue weighted by Gasteiger charge is 2.19. The Morgan fingerprint density at radius 3 is 2.57 bits per heavy atom. The summed E-state index contributed by atoms with van der Waals surface area (Å²) in [4.78, 5) is 0. The molecule has 1 aliphatic carbocycles. The average molecular weight is 186 g/mol. The third-order valence-corrected chi connectivity index (χ3v) is 3.19. The summed E-state index contributed by atoms with van der Waals surface area (Å²) in [5, 5.41) is 0. The number of benzene rings is 1. The van der Waals surface area contributed by atoms with Crippen molar-refractivity contribution >= 4 is 6.08 Å². The molecule has 1 atom stereocenters. The normalized spacial score (nSPS) is 18.6. The second-order valence-corrected chi connectivity index (χ2v) is 4.28. The van der Waals surface area contributed by atoms with E-state index in [0.29, 0.717) is 5.92 Å². The summed E-state index contributed by atoms with van der Waals surface area (Å²) in [7, 11) is 0. The predicted molar refractivity (Wildman–Crippen MR) is 62.6 cm³/mol. The smallest absolute Gasteiger partial charge is 0.00298 e. The van der Waals surface area contributed by atoms with Crippen LogP contribution in [-0.2, 0) is 0 Å². The van der Waals surface area contributed by atoms with Crippen molar-refractivity contribution < 1.29 is 0 Å². The minimum Gasteiger partial charge on any atom is -0.0764 e. The van der Waals surface area contributed by atoms with Crippen molar-refractivity contribution in [1.82, 2.24) is 0 Å². The average Bonchev–Trinajstić information content (AvgIpc) is 2.58. The number of allylic oxidation sites excluding steroid dienone is 1. The van der Waals surface area contributed by atoms with Gasteiger partial charge in [0.05, 0.1) is 0 Å². The molecule has 74 valence electrons. The van der Waals surface area contributed by atoms with Crippen molar-refractivity contribution in [3.05, 3.63) is 40.5 Å². The number of rotatable bonds is 2. The topological polar surface area (TPSA) is 0 Å². The summed E-state index contributed by atoms with van der Waals surface area (Å²) in [6.45, 7) is 6.70. The fraction of sp³-hybridized carbons (Fsp3) is 0.429. The molecule has 1 aliphatic rings. The van der Waals surface area contributed by atoms with Crippen molar-refractivity contribution in [2.24, 2.45) is 0 Å². The highest BCUT2D eigenvalue weighted by Crippen LogP contribution is 2.37. The SMILES string of the molecule is CCCC1C=Cc2c(C)ccc(C)c21. The molecular weight excluding hydrogens is 168 g/mol. The second-order valence-electron chi connectivity index (χ2n) is 4.28. The molecule has 0 saturated carbocycles. The van der Waals surface area contributed by atoms with Crippen molar-refractivity contribution in [2.75, 3.05) is 0 Å². The first-order valence-electron chi connectivity index (χ1n) is 5.52. The summed E-state index contributed by atoms with van der Waals surface area (Å²) in [6.07, 6.45) is 7.22. The van der Waals surface area contributed by atoms with Crippen LogP contribution >= 0.6 is 0 Å². The van der Waals surface area contributed by atoms with Gasteiger partial charge < -0.3 is 0 Å². The Labute approximate surface area is 86.7 Å². The van der Waals surface area contributed by atoms with Crippen LogP contribution in [0.25, 0.3) is 6.08 Å². The summed E-state index contributed by atoms with van der Waals surface area (Å²) in [5.41, 5.74) is 5.92. The van der Waals surface area contributed by atoms with Gasteiger partial charge in [0.1, 0.15) is 0 Å². The van der Waals surface area contributed by atoms with Gasteiger partial charge in [-0.3, -0.25) is 0 Å². The summed E-state index contributed by atoms with van der Waals surface area (Å²) < 4.78 is 0. The molecule has 14 heavy (non-hydrogen) atoms. The van der Waals surface area contributed by atoms with E-state index >= 15 is 0 Å². The molecule has 0 heterocycles. The molecule has 0 fully saturated rings. The molecule has 0 N–H and O–H groups in total. The number of hydrogen-bond donors (Lipinski definition) is 0. The van der Waals surface area contributed by atoms with Gasteiger partial charge in [-0.05, 0) is 42.5 Å². The first-order valence-corrected chi connectivity index (χ1v) is 5.52. The zero-order chi connectivity index (χ0) is 10.1. The first-order chi connectivity index (χ1) is 6.74. The Morgan fingerprint density at radius 2 is 1.86 bits per heavy atom. The van der Waals surface area contributed by atoms with Gasteiger partial charge in [-0.1, -0.05) is 37.6 Å². The van der Waals surface area contributed by atoms with Crippen LogP contribution in [0.4, 0.5) is 0 Å². The highest BCUT2D eigenvalue weighted by molar-refractivity contribution is 5.67. The largest absolute Gasteiger partial charge is 0.0764 e. The monoisotopic (exact) mass is 186 g/mol. The van der Waals surface area contributed by atoms with E-state index < -0.39 is 0 Å². The Morgan fingerprint density at radius 1 is 1.14 bits per heavy atom. The zero-order valence-corrected chi connectivity index (χ0v) is 9.30. The van der Waals surface area contributed by atoms with Gasteiger partial charge in [-0.25, -0.2) is 0 Å². The minimum atomic E-state index is 0.676. The van der Waals surface area contributed by atoms with Crippen LogP contribution in [0.5, 0.6) is 0 Å². The van der Waals surface area contributed by atoms with Gasteiger partial charge in [0.15, 0.2) is 0 Å². The molecule has 2 rings (SSSR count). The quantitative estimate of drug-likeness (QED) is 0.649. The maximum Gasteiger partial charge on any atom is 0.00298 e. The van der Waals surface area contributed by atoms with Crippen molar-refractivity contribution in [3.63, 3.8) is 0 Å². The molecule has 1 unspecified atom stereocenters. The van der Waals surface area contributed by atoms with E-state index in [1.807, 2.05) is 0 Å². The van der Waals surface area contributed by atoms with Crippen molar-refractivity contribution in [3.8, 4) is 0 Å². The van der Waals surface area contributed by atoms with E-state index in [9.17, 15) is 0 Å². The fourth-order valence-corrected chi connectivity index (χ4v) is 2.43. The van der Waals surface area contributed by atoms with Gasteiger partial charge >= 0.3 is 0 Å². The van der Waals surface area contributed by atoms with Crippen LogP contribution in [0.2, 0.25) is 0 Å². The molecule has 0 aliphatic heterocycles. The lowest BCUT2D eigenvalue weighted by Gasteiger charge is -2.14. The number of hydrogen-bond acceptors (Lipinski definition) is 0. The van der Waals surface area contributed by atoms with Crippen LogP contribution < -0.4 is 0 Å². The van der Waals surface area contributed by atoms with Gasteiger partial charge in [0, 0.05) is 5.92 Å². The standard InChI is InChI=1S/C14H18/c1-4-5-12-8-9-13-10(2)6-7-11(3)14(12)13/h6-9,12H,4-5H2,1-3H3. The number of aryl methyl sites for hydroxylation is 2. The molecule has 0 saturated heterocycles. The maximum atomic E-state index is 2.37. The summed E-state index contributed by atoms with van der Waals surface area (Å²) >= 11 is 0. The van der Waals surface area contributed by atoms with Crippen LogP contribution in [-0.4, -0.2) is 0 Å². The summed E-state index contributed by atoms with van der Waals surface area (Å²) in [6, 6.07) is 4.48. The minimum absolute atomic E-state index is 0.676. The van der Waals surface area contributed by atoms with E-state index in [0.717, 1.165) is 0 Å². The van der Waals surface area contributed by atoms with E-state index in [4.69, 9.17) is 0 Å². The lowest BCUT2D eigenvalue weighted by molar-refractivity contribution is 0.721. The van der Waals surface area contributed by atoms with Crippen LogP contribution in [0.3, 0.4) is 0 Å². The number of fused-ring (bicyclic) bond motifs is 1. The molecule has 1 aromatic carbocycles. The zero-order valence-electron chi connectivity index (χ0n) is 9.30. The van der Waals surface area contributed by atoms with Crippen molar-refractivity contribution in [1.29, 1.82) is 0 Å². The van der Waals surface area contributed by atoms with Gasteiger partial charge in [0.2, 0.25) is 0 Å². The molecule has 0 amide bonds. The third-order valence-electron chi connectivity index (χ3n) is 3.19. The van der Waals surface area contributed by atoms with E-state index in [1.165, 1.54) is 29.5 Å². The third kappa shape index (κ3) is 1.39. The van der Waals surface area contributed by atoms with Gasteiger partial charge in [-0.15, -0.1) is 0 Å². The van der Waals surface area contributed by atoms with Crippen LogP contribution in [0.15, 0.2) is 18.2 Å². The molecular formula is C14H18. The van der Waals surface area contributed by atoms with Gasteiger partial charge in [0.25, 0.3) is 0 Å². The van der Waals surface area contributed by atoms with E-state index in [-0.39, 0.29) is 0 Å². The van der Waals surface area contributed by atoms with E-state index in [1.54, 1.807) is 5.56 Å². The van der Waals surface area contributed by atoms with E-state index in [2.05, 4.69) is 45.1 Å². The van der Waals surface area contributed by atoms with Gasteiger partial charge in [-0.2, -0.15) is 0 Å². The molecule has 0 heteroatoms. The Hall–Kier alpha value is -1.04. The van der Waals surface area contributed by atoms with Crippen LogP contribution in [0.1, 0.15) is 47.9 Å². The summed E-state index contributed by atoms with van der Waals surface area (Å²) in [5.74, 6) is 0.676. The molecule has 1 aromatic rings. The lowest BCUT2D eigenvalue weighted by atomic mass is 9.91. The first kappa shape index (κ1) is 9.51. The maximum absolute atomic E-state index is 2.37. The predicted octanol–water partition coefficient (Wildman–Crippen LogP) is 4.21.